The third-order valence-corrected chi connectivity index (χ3v) is 5.27. The number of halogens is 2. The van der Waals surface area contributed by atoms with Crippen molar-refractivity contribution in [2.45, 2.75) is 50.9 Å². The molecule has 0 aliphatic heterocycles. The van der Waals surface area contributed by atoms with Gasteiger partial charge < -0.3 is 9.84 Å². The number of benzene rings is 1. The van der Waals surface area contributed by atoms with Gasteiger partial charge in [-0.15, -0.1) is 0 Å². The zero-order chi connectivity index (χ0) is 19.6. The molecule has 0 atom stereocenters. The van der Waals surface area contributed by atoms with Crippen molar-refractivity contribution in [3.8, 4) is 0 Å². The predicted molar refractivity (Wildman–Crippen MR) is 102 cm³/mol. The van der Waals surface area contributed by atoms with Gasteiger partial charge in [0.15, 0.2) is 0 Å². The lowest BCUT2D eigenvalue weighted by atomic mass is 9.77. The summed E-state index contributed by atoms with van der Waals surface area (Å²) in [4.78, 5) is 11.4. The first-order valence-electron chi connectivity index (χ1n) is 9.55. The number of hydrogen-bond acceptors (Lipinski definition) is 3. The molecule has 0 saturated heterocycles. The second kappa shape index (κ2) is 11.0. The van der Waals surface area contributed by atoms with Crippen LogP contribution in [-0.4, -0.2) is 24.3 Å². The molecule has 0 bridgehead atoms. The third kappa shape index (κ3) is 7.25. The summed E-state index contributed by atoms with van der Waals surface area (Å²) in [6.45, 7) is 3.30. The number of carbonyl (C=O) groups is 1. The Hall–Kier alpha value is -2.01. The lowest BCUT2D eigenvalue weighted by Crippen LogP contribution is -2.13. The number of esters is 1. The van der Waals surface area contributed by atoms with Gasteiger partial charge in [-0.2, -0.15) is 8.78 Å². The van der Waals surface area contributed by atoms with E-state index in [1.807, 2.05) is 0 Å². The van der Waals surface area contributed by atoms with E-state index in [1.54, 1.807) is 0 Å². The fourth-order valence-electron chi connectivity index (χ4n) is 3.60. The number of hydrogen-bond donors (Lipinski definition) is 1. The molecule has 5 heteroatoms. The summed E-state index contributed by atoms with van der Waals surface area (Å²) in [6.07, 6.45) is 5.80. The Morgan fingerprint density at radius 3 is 2.44 bits per heavy atom. The summed E-state index contributed by atoms with van der Waals surface area (Å²) in [6, 6.07) is 8.39. The van der Waals surface area contributed by atoms with Crippen LogP contribution in [0.5, 0.6) is 0 Å². The molecule has 148 valence electrons. The summed E-state index contributed by atoms with van der Waals surface area (Å²) in [5, 5.41) is 8.82. The largest absolute Gasteiger partial charge is 0.462 e. The van der Waals surface area contributed by atoms with Crippen LogP contribution < -0.4 is 0 Å². The Kier molecular flexibility index (Phi) is 8.65. The van der Waals surface area contributed by atoms with E-state index in [4.69, 9.17) is 9.84 Å². The Morgan fingerprint density at radius 1 is 1.19 bits per heavy atom. The normalized spacial score (nSPS) is 19.4. The number of aliphatic hydroxyl groups excluding tert-OH is 1. The molecule has 1 aromatic carbocycles. The van der Waals surface area contributed by atoms with E-state index in [1.165, 1.54) is 5.56 Å². The first kappa shape index (κ1) is 21.3. The molecular weight excluding hydrogens is 350 g/mol. The standard InChI is InChI=1S/C22H28F2O3/c1-16(15-25)22(26)27-14-13-18-7-11-20(12-8-18)19-9-5-17(6-10-19)3-2-4-21(23)24/h4,7-8,11-12,17,19,25H,1-3,5-6,9-10,13-15H2. The van der Waals surface area contributed by atoms with Crippen LogP contribution in [0.25, 0.3) is 0 Å². The maximum absolute atomic E-state index is 12.1. The lowest BCUT2D eigenvalue weighted by molar-refractivity contribution is -0.139. The van der Waals surface area contributed by atoms with Crippen molar-refractivity contribution in [1.82, 2.24) is 0 Å². The van der Waals surface area contributed by atoms with Gasteiger partial charge in [-0.05, 0) is 67.6 Å². The highest BCUT2D eigenvalue weighted by molar-refractivity contribution is 5.87. The molecule has 1 saturated carbocycles. The van der Waals surface area contributed by atoms with Crippen molar-refractivity contribution in [2.24, 2.45) is 5.92 Å². The first-order chi connectivity index (χ1) is 13.0. The Bertz CT molecular complexity index is 640. The van der Waals surface area contributed by atoms with Gasteiger partial charge in [0, 0.05) is 6.42 Å². The van der Waals surface area contributed by atoms with E-state index in [0.29, 0.717) is 24.7 Å². The minimum absolute atomic E-state index is 0.0619. The van der Waals surface area contributed by atoms with Crippen molar-refractivity contribution >= 4 is 5.97 Å². The molecular formula is C22H28F2O3. The second-order valence-corrected chi connectivity index (χ2v) is 7.18. The fourth-order valence-corrected chi connectivity index (χ4v) is 3.60. The molecule has 0 spiro atoms. The van der Waals surface area contributed by atoms with Gasteiger partial charge in [-0.25, -0.2) is 4.79 Å². The SMILES string of the molecule is C=C(CO)C(=O)OCCc1ccc(C2CCC(CCC=C(F)F)CC2)cc1. The van der Waals surface area contributed by atoms with E-state index < -0.39 is 12.0 Å². The van der Waals surface area contributed by atoms with Gasteiger partial charge in [-0.3, -0.25) is 0 Å². The highest BCUT2D eigenvalue weighted by Crippen LogP contribution is 2.37. The quantitative estimate of drug-likeness (QED) is 0.477. The zero-order valence-corrected chi connectivity index (χ0v) is 15.6. The predicted octanol–water partition coefficient (Wildman–Crippen LogP) is 5.16. The number of rotatable bonds is 9. The van der Waals surface area contributed by atoms with Gasteiger partial charge in [0.25, 0.3) is 6.08 Å². The summed E-state index contributed by atoms with van der Waals surface area (Å²) in [7, 11) is 0. The zero-order valence-electron chi connectivity index (χ0n) is 15.6. The van der Waals surface area contributed by atoms with E-state index in [0.717, 1.165) is 43.7 Å². The molecule has 3 nitrogen and oxygen atoms in total. The van der Waals surface area contributed by atoms with Crippen LogP contribution in [-0.2, 0) is 16.0 Å². The lowest BCUT2D eigenvalue weighted by Gasteiger charge is -2.28. The fraction of sp³-hybridized carbons (Fsp3) is 0.500. The van der Waals surface area contributed by atoms with Gasteiger partial charge >= 0.3 is 5.97 Å². The topological polar surface area (TPSA) is 46.5 Å². The maximum Gasteiger partial charge on any atom is 0.335 e. The smallest absolute Gasteiger partial charge is 0.335 e. The summed E-state index contributed by atoms with van der Waals surface area (Å²) in [5.41, 5.74) is 2.47. The summed E-state index contributed by atoms with van der Waals surface area (Å²) >= 11 is 0. The van der Waals surface area contributed by atoms with Crippen molar-refractivity contribution in [1.29, 1.82) is 0 Å². The molecule has 0 aromatic heterocycles. The van der Waals surface area contributed by atoms with Gasteiger partial charge in [0.1, 0.15) is 0 Å². The minimum Gasteiger partial charge on any atom is -0.462 e. The molecule has 0 amide bonds. The Labute approximate surface area is 159 Å². The molecule has 1 aliphatic carbocycles. The van der Waals surface area contributed by atoms with Crippen LogP contribution in [0.1, 0.15) is 55.6 Å². The van der Waals surface area contributed by atoms with E-state index in [2.05, 4.69) is 30.8 Å². The molecule has 0 heterocycles. The first-order valence-corrected chi connectivity index (χ1v) is 9.55. The van der Waals surface area contributed by atoms with Crippen LogP contribution in [0, 0.1) is 5.92 Å². The van der Waals surface area contributed by atoms with Crippen LogP contribution >= 0.6 is 0 Å². The monoisotopic (exact) mass is 378 g/mol. The highest BCUT2D eigenvalue weighted by atomic mass is 19.3. The number of ether oxygens (including phenoxy) is 1. The van der Waals surface area contributed by atoms with Crippen LogP contribution in [0.3, 0.4) is 0 Å². The molecule has 27 heavy (non-hydrogen) atoms. The number of carbonyl (C=O) groups excluding carboxylic acids is 1. The van der Waals surface area contributed by atoms with E-state index in [-0.39, 0.29) is 18.8 Å². The van der Waals surface area contributed by atoms with Crippen LogP contribution in [0.4, 0.5) is 8.78 Å². The number of allylic oxidation sites excluding steroid dienone is 1. The maximum atomic E-state index is 12.1. The molecule has 0 unspecified atom stereocenters. The van der Waals surface area contributed by atoms with Crippen LogP contribution in [0.2, 0.25) is 0 Å². The van der Waals surface area contributed by atoms with Crippen molar-refractivity contribution in [3.63, 3.8) is 0 Å². The summed E-state index contributed by atoms with van der Waals surface area (Å²) < 4.78 is 29.2. The average molecular weight is 378 g/mol. The highest BCUT2D eigenvalue weighted by Gasteiger charge is 2.22. The average Bonchev–Trinajstić information content (AvgIpc) is 2.68. The van der Waals surface area contributed by atoms with E-state index >= 15 is 0 Å². The van der Waals surface area contributed by atoms with Crippen molar-refractivity contribution in [3.05, 3.63) is 59.7 Å². The van der Waals surface area contributed by atoms with Crippen molar-refractivity contribution < 1.29 is 23.4 Å². The molecule has 1 fully saturated rings. The summed E-state index contributed by atoms with van der Waals surface area (Å²) in [5.74, 6) is 0.532. The van der Waals surface area contributed by atoms with Crippen LogP contribution in [0.15, 0.2) is 48.6 Å². The van der Waals surface area contributed by atoms with Gasteiger partial charge in [0.2, 0.25) is 0 Å². The molecule has 1 aliphatic rings. The number of aliphatic hydroxyl groups is 1. The van der Waals surface area contributed by atoms with Crippen molar-refractivity contribution in [2.75, 3.05) is 13.2 Å². The Balaban J connectivity index is 1.73. The second-order valence-electron chi connectivity index (χ2n) is 7.18. The molecule has 1 aromatic rings. The Morgan fingerprint density at radius 2 is 1.85 bits per heavy atom. The van der Waals surface area contributed by atoms with Gasteiger partial charge in [-0.1, -0.05) is 30.8 Å². The molecule has 1 N–H and O–H groups in total. The molecule has 2 rings (SSSR count). The van der Waals surface area contributed by atoms with Gasteiger partial charge in [0.05, 0.1) is 18.8 Å². The minimum atomic E-state index is -1.57. The third-order valence-electron chi connectivity index (χ3n) is 5.27. The van der Waals surface area contributed by atoms with E-state index in [9.17, 15) is 13.6 Å². The molecule has 0 radical (unpaired) electrons.